The van der Waals surface area contributed by atoms with Gasteiger partial charge >= 0.3 is 0 Å². The molecule has 0 aliphatic carbocycles. The molecule has 0 unspecified atom stereocenters. The van der Waals surface area contributed by atoms with E-state index in [1.807, 2.05) is 62.4 Å². The van der Waals surface area contributed by atoms with E-state index in [1.165, 1.54) is 0 Å². The van der Waals surface area contributed by atoms with Crippen molar-refractivity contribution in [1.82, 2.24) is 10.2 Å². The first-order chi connectivity index (χ1) is 16.9. The second-order valence-electron chi connectivity index (χ2n) is 8.36. The molecule has 5 nitrogen and oxygen atoms in total. The van der Waals surface area contributed by atoms with Gasteiger partial charge in [-0.15, -0.1) is 0 Å². The van der Waals surface area contributed by atoms with Gasteiger partial charge in [-0.1, -0.05) is 90.8 Å². The third-order valence-corrected chi connectivity index (χ3v) is 6.44. The highest BCUT2D eigenvalue weighted by Gasteiger charge is 2.31. The minimum absolute atomic E-state index is 0.0302. The molecule has 0 saturated carbocycles. The molecule has 0 heterocycles. The van der Waals surface area contributed by atoms with Crippen molar-refractivity contribution in [1.29, 1.82) is 0 Å². The predicted octanol–water partition coefficient (Wildman–Crippen LogP) is 5.93. The summed E-state index contributed by atoms with van der Waals surface area (Å²) in [5, 5.41) is 3.98. The number of rotatable bonds is 11. The summed E-state index contributed by atoms with van der Waals surface area (Å²) in [5.74, 6) is -0.157. The van der Waals surface area contributed by atoms with Crippen LogP contribution in [0.3, 0.4) is 0 Å². The summed E-state index contributed by atoms with van der Waals surface area (Å²) in [5.41, 5.74) is 1.69. The van der Waals surface area contributed by atoms with Gasteiger partial charge in [0, 0.05) is 24.0 Å². The highest BCUT2D eigenvalue weighted by molar-refractivity contribution is 6.32. The van der Waals surface area contributed by atoms with Gasteiger partial charge in [-0.25, -0.2) is 0 Å². The van der Waals surface area contributed by atoms with Crippen molar-refractivity contribution < 1.29 is 14.3 Å². The fourth-order valence-electron chi connectivity index (χ4n) is 3.59. The normalized spacial score (nSPS) is 12.5. The monoisotopic (exact) mass is 512 g/mol. The maximum atomic E-state index is 13.6. The first kappa shape index (κ1) is 26.6. The molecule has 184 valence electrons. The summed E-state index contributed by atoms with van der Waals surface area (Å²) in [6.07, 6.45) is 1.13. The molecule has 0 bridgehead atoms. The first-order valence-electron chi connectivity index (χ1n) is 11.6. The van der Waals surface area contributed by atoms with Gasteiger partial charge in [0.15, 0.2) is 6.61 Å². The van der Waals surface area contributed by atoms with Crippen LogP contribution in [0.25, 0.3) is 0 Å². The Morgan fingerprint density at radius 1 is 0.914 bits per heavy atom. The standard InChI is InChI=1S/C28H30Cl2N2O3/c1-3-20(2)31-28(34)25(17-21-11-5-4-6-12-21)32(18-22-13-7-8-14-23(22)29)27(33)19-35-26-16-10-9-15-24(26)30/h4-16,20,25H,3,17-19H2,1-2H3,(H,31,34)/t20-,25+/m1/s1. The average Bonchev–Trinajstić information content (AvgIpc) is 2.87. The summed E-state index contributed by atoms with van der Waals surface area (Å²) >= 11 is 12.6. The van der Waals surface area contributed by atoms with Crippen LogP contribution in [0, 0.1) is 0 Å². The quantitative estimate of drug-likeness (QED) is 0.346. The lowest BCUT2D eigenvalue weighted by Crippen LogP contribution is -2.53. The third kappa shape index (κ3) is 7.74. The number of carbonyl (C=O) groups is 2. The van der Waals surface area contributed by atoms with Gasteiger partial charge in [0.25, 0.3) is 5.91 Å². The van der Waals surface area contributed by atoms with Crippen molar-refractivity contribution in [2.45, 2.75) is 45.3 Å². The third-order valence-electron chi connectivity index (χ3n) is 5.76. The summed E-state index contributed by atoms with van der Waals surface area (Å²) in [7, 11) is 0. The van der Waals surface area contributed by atoms with Crippen LogP contribution in [0.15, 0.2) is 78.9 Å². The number of amides is 2. The molecule has 3 aromatic rings. The summed E-state index contributed by atoms with van der Waals surface area (Å²) in [6, 6.07) is 23.1. The van der Waals surface area contributed by atoms with Crippen LogP contribution in [0.1, 0.15) is 31.4 Å². The first-order valence-corrected chi connectivity index (χ1v) is 12.4. The van der Waals surface area contributed by atoms with E-state index in [-0.39, 0.29) is 31.0 Å². The molecule has 3 aromatic carbocycles. The Hall–Kier alpha value is -3.02. The van der Waals surface area contributed by atoms with Crippen LogP contribution in [0.5, 0.6) is 5.75 Å². The molecule has 0 aliphatic rings. The fraction of sp³-hybridized carbons (Fsp3) is 0.286. The topological polar surface area (TPSA) is 58.6 Å². The fourth-order valence-corrected chi connectivity index (χ4v) is 3.98. The van der Waals surface area contributed by atoms with Crippen LogP contribution in [-0.2, 0) is 22.6 Å². The SMILES string of the molecule is CC[C@@H](C)NC(=O)[C@H](Cc1ccccc1)N(Cc1ccccc1Cl)C(=O)COc1ccccc1Cl. The molecule has 0 radical (unpaired) electrons. The Balaban J connectivity index is 1.93. The number of halogens is 2. The van der Waals surface area contributed by atoms with Gasteiger partial charge in [0.05, 0.1) is 5.02 Å². The van der Waals surface area contributed by atoms with Crippen molar-refractivity contribution in [2.24, 2.45) is 0 Å². The van der Waals surface area contributed by atoms with Crippen LogP contribution in [0.2, 0.25) is 10.0 Å². The zero-order chi connectivity index (χ0) is 25.2. The van der Waals surface area contributed by atoms with Gasteiger partial charge in [0.2, 0.25) is 5.91 Å². The second kappa shape index (κ2) is 13.2. The Kier molecular flexibility index (Phi) is 10.0. The smallest absolute Gasteiger partial charge is 0.261 e. The van der Waals surface area contributed by atoms with E-state index in [4.69, 9.17) is 27.9 Å². The molecule has 2 amide bonds. The van der Waals surface area contributed by atoms with Crippen molar-refractivity contribution in [3.05, 3.63) is 100 Å². The van der Waals surface area contributed by atoms with Crippen molar-refractivity contribution >= 4 is 35.0 Å². The molecule has 0 spiro atoms. The van der Waals surface area contributed by atoms with Crippen LogP contribution in [0.4, 0.5) is 0 Å². The van der Waals surface area contributed by atoms with E-state index in [2.05, 4.69) is 5.32 Å². The maximum absolute atomic E-state index is 13.6. The average molecular weight is 513 g/mol. The van der Waals surface area contributed by atoms with Crippen LogP contribution >= 0.6 is 23.2 Å². The lowest BCUT2D eigenvalue weighted by molar-refractivity contribution is -0.143. The second-order valence-corrected chi connectivity index (χ2v) is 9.17. The number of nitrogens with zero attached hydrogens (tertiary/aromatic N) is 1. The summed E-state index contributed by atoms with van der Waals surface area (Å²) in [4.78, 5) is 28.6. The van der Waals surface area contributed by atoms with Gasteiger partial charge < -0.3 is 15.0 Å². The van der Waals surface area contributed by atoms with E-state index in [0.29, 0.717) is 22.2 Å². The molecule has 3 rings (SSSR count). The lowest BCUT2D eigenvalue weighted by atomic mass is 10.0. The van der Waals surface area contributed by atoms with E-state index < -0.39 is 6.04 Å². The summed E-state index contributed by atoms with van der Waals surface area (Å²) in [6.45, 7) is 3.84. The summed E-state index contributed by atoms with van der Waals surface area (Å²) < 4.78 is 5.74. The molecule has 1 N–H and O–H groups in total. The number of nitrogens with one attached hydrogen (secondary N) is 1. The maximum Gasteiger partial charge on any atom is 0.261 e. The Morgan fingerprint density at radius 2 is 1.54 bits per heavy atom. The number of benzene rings is 3. The number of carbonyl (C=O) groups excluding carboxylic acids is 2. The molecule has 2 atom stereocenters. The molecule has 0 fully saturated rings. The zero-order valence-corrected chi connectivity index (χ0v) is 21.4. The molecule has 35 heavy (non-hydrogen) atoms. The number of para-hydroxylation sites is 1. The van der Waals surface area contributed by atoms with Crippen molar-refractivity contribution in [2.75, 3.05) is 6.61 Å². The van der Waals surface area contributed by atoms with E-state index >= 15 is 0 Å². The van der Waals surface area contributed by atoms with Crippen molar-refractivity contribution in [3.8, 4) is 5.75 Å². The van der Waals surface area contributed by atoms with Crippen LogP contribution in [-0.4, -0.2) is 35.4 Å². The lowest BCUT2D eigenvalue weighted by Gasteiger charge is -2.32. The number of hydrogen-bond acceptors (Lipinski definition) is 3. The molecule has 0 saturated heterocycles. The molecule has 7 heteroatoms. The molecule has 0 aliphatic heterocycles. The van der Waals surface area contributed by atoms with Crippen LogP contribution < -0.4 is 10.1 Å². The minimum atomic E-state index is -0.759. The van der Waals surface area contributed by atoms with Gasteiger partial charge in [-0.05, 0) is 42.7 Å². The Bertz CT molecular complexity index is 1120. The van der Waals surface area contributed by atoms with E-state index in [0.717, 1.165) is 17.5 Å². The number of ether oxygens (including phenoxy) is 1. The van der Waals surface area contributed by atoms with Gasteiger partial charge in [-0.3, -0.25) is 9.59 Å². The Labute approximate surface area is 217 Å². The number of hydrogen-bond donors (Lipinski definition) is 1. The molecular formula is C28H30Cl2N2O3. The Morgan fingerprint density at radius 3 is 2.20 bits per heavy atom. The molecular weight excluding hydrogens is 483 g/mol. The minimum Gasteiger partial charge on any atom is -0.482 e. The highest BCUT2D eigenvalue weighted by Crippen LogP contribution is 2.24. The van der Waals surface area contributed by atoms with Crippen molar-refractivity contribution in [3.63, 3.8) is 0 Å². The zero-order valence-electron chi connectivity index (χ0n) is 19.9. The van der Waals surface area contributed by atoms with E-state index in [9.17, 15) is 9.59 Å². The predicted molar refractivity (Wildman–Crippen MR) is 141 cm³/mol. The molecule has 0 aromatic heterocycles. The van der Waals surface area contributed by atoms with Gasteiger partial charge in [0.1, 0.15) is 11.8 Å². The van der Waals surface area contributed by atoms with Gasteiger partial charge in [-0.2, -0.15) is 0 Å². The highest BCUT2D eigenvalue weighted by atomic mass is 35.5. The van der Waals surface area contributed by atoms with E-state index in [1.54, 1.807) is 35.2 Å². The largest absolute Gasteiger partial charge is 0.482 e.